The molecule has 1 heterocycles. The zero-order valence-corrected chi connectivity index (χ0v) is 14.8. The maximum atomic E-state index is 12.8. The summed E-state index contributed by atoms with van der Waals surface area (Å²) in [6.45, 7) is 0.877. The van der Waals surface area contributed by atoms with E-state index in [1.54, 1.807) is 0 Å². The monoisotopic (exact) mass is 369 g/mol. The number of primary amides is 1. The SMILES string of the molecule is NC(=O)C1CCC(Nc2ccc(N3CCC(C(F)(F)F)CC3)cc2)CC1. The third-order valence-corrected chi connectivity index (χ3v) is 5.69. The van der Waals surface area contributed by atoms with Gasteiger partial charge in [0.25, 0.3) is 0 Å². The van der Waals surface area contributed by atoms with Gasteiger partial charge < -0.3 is 16.0 Å². The van der Waals surface area contributed by atoms with E-state index in [1.807, 2.05) is 29.2 Å². The summed E-state index contributed by atoms with van der Waals surface area (Å²) in [5, 5.41) is 3.48. The van der Waals surface area contributed by atoms with Crippen LogP contribution in [0.1, 0.15) is 38.5 Å². The van der Waals surface area contributed by atoms with Gasteiger partial charge in [0.1, 0.15) is 0 Å². The lowest BCUT2D eigenvalue weighted by Crippen LogP contribution is -2.39. The molecule has 0 unspecified atom stereocenters. The second kappa shape index (κ2) is 7.76. The van der Waals surface area contributed by atoms with Crippen LogP contribution in [0, 0.1) is 11.8 Å². The summed E-state index contributed by atoms with van der Waals surface area (Å²) >= 11 is 0. The van der Waals surface area contributed by atoms with Crippen LogP contribution in [0.5, 0.6) is 0 Å². The number of rotatable bonds is 4. The van der Waals surface area contributed by atoms with Gasteiger partial charge in [-0.1, -0.05) is 0 Å². The van der Waals surface area contributed by atoms with Gasteiger partial charge in [0.15, 0.2) is 0 Å². The summed E-state index contributed by atoms with van der Waals surface area (Å²) in [7, 11) is 0. The molecule has 0 radical (unpaired) electrons. The highest BCUT2D eigenvalue weighted by Gasteiger charge is 2.41. The van der Waals surface area contributed by atoms with Gasteiger partial charge >= 0.3 is 6.18 Å². The van der Waals surface area contributed by atoms with E-state index in [2.05, 4.69) is 5.32 Å². The Labute approximate surface area is 151 Å². The van der Waals surface area contributed by atoms with E-state index in [4.69, 9.17) is 5.73 Å². The summed E-state index contributed by atoms with van der Waals surface area (Å²) < 4.78 is 38.3. The van der Waals surface area contributed by atoms with Crippen LogP contribution in [-0.4, -0.2) is 31.2 Å². The maximum Gasteiger partial charge on any atom is 0.391 e. The Hall–Kier alpha value is -1.92. The van der Waals surface area contributed by atoms with Crippen LogP contribution in [0.4, 0.5) is 24.5 Å². The van der Waals surface area contributed by atoms with Crippen LogP contribution in [0.15, 0.2) is 24.3 Å². The second-order valence-corrected chi connectivity index (χ2v) is 7.45. The molecular formula is C19H26F3N3O. The third kappa shape index (κ3) is 4.62. The first kappa shape index (κ1) is 18.9. The molecule has 0 bridgehead atoms. The summed E-state index contributed by atoms with van der Waals surface area (Å²) in [6.07, 6.45) is -0.286. The average Bonchev–Trinajstić information content (AvgIpc) is 2.62. The molecule has 1 saturated heterocycles. The smallest absolute Gasteiger partial charge is 0.382 e. The average molecular weight is 369 g/mol. The van der Waals surface area contributed by atoms with Crippen LogP contribution in [0.25, 0.3) is 0 Å². The van der Waals surface area contributed by atoms with Crippen LogP contribution in [0.2, 0.25) is 0 Å². The number of nitrogens with two attached hydrogens (primary N) is 1. The van der Waals surface area contributed by atoms with Crippen molar-refractivity contribution in [2.24, 2.45) is 17.6 Å². The van der Waals surface area contributed by atoms with E-state index in [1.165, 1.54) is 0 Å². The fourth-order valence-corrected chi connectivity index (χ4v) is 3.99. The molecule has 1 aliphatic carbocycles. The molecular weight excluding hydrogens is 343 g/mol. The van der Waals surface area contributed by atoms with Crippen molar-refractivity contribution < 1.29 is 18.0 Å². The lowest BCUT2D eigenvalue weighted by atomic mass is 9.85. The molecule has 0 aromatic heterocycles. The summed E-state index contributed by atoms with van der Waals surface area (Å²) in [5.41, 5.74) is 7.33. The number of nitrogens with zero attached hydrogens (tertiary/aromatic N) is 1. The van der Waals surface area contributed by atoms with Gasteiger partial charge in [-0.15, -0.1) is 0 Å². The molecule has 0 spiro atoms. The molecule has 2 fully saturated rings. The van der Waals surface area contributed by atoms with Gasteiger partial charge in [-0.05, 0) is 62.8 Å². The zero-order valence-electron chi connectivity index (χ0n) is 14.8. The van der Waals surface area contributed by atoms with Crippen molar-refractivity contribution in [2.45, 2.75) is 50.7 Å². The molecule has 1 aliphatic heterocycles. The van der Waals surface area contributed by atoms with Crippen molar-refractivity contribution in [3.05, 3.63) is 24.3 Å². The number of hydrogen-bond donors (Lipinski definition) is 2. The normalized spacial score (nSPS) is 25.1. The Morgan fingerprint density at radius 1 is 1.00 bits per heavy atom. The largest absolute Gasteiger partial charge is 0.391 e. The van der Waals surface area contributed by atoms with Crippen molar-refractivity contribution in [1.82, 2.24) is 0 Å². The number of carbonyl (C=O) groups excluding carboxylic acids is 1. The molecule has 0 atom stereocenters. The summed E-state index contributed by atoms with van der Waals surface area (Å²) in [4.78, 5) is 13.2. The van der Waals surface area contributed by atoms with Gasteiger partial charge in [-0.3, -0.25) is 4.79 Å². The maximum absolute atomic E-state index is 12.8. The van der Waals surface area contributed by atoms with E-state index < -0.39 is 12.1 Å². The molecule has 1 aromatic carbocycles. The van der Waals surface area contributed by atoms with E-state index in [9.17, 15) is 18.0 Å². The lowest BCUT2D eigenvalue weighted by molar-refractivity contribution is -0.179. The number of halogens is 3. The number of carbonyl (C=O) groups is 1. The molecule has 4 nitrogen and oxygen atoms in total. The quantitative estimate of drug-likeness (QED) is 0.846. The summed E-state index contributed by atoms with van der Waals surface area (Å²) in [5.74, 6) is -1.38. The van der Waals surface area contributed by atoms with E-state index in [0.717, 1.165) is 37.1 Å². The van der Waals surface area contributed by atoms with Gasteiger partial charge in [-0.25, -0.2) is 0 Å². The molecule has 144 valence electrons. The minimum absolute atomic E-state index is 0.00458. The Morgan fingerprint density at radius 3 is 2.08 bits per heavy atom. The Kier molecular flexibility index (Phi) is 5.63. The van der Waals surface area contributed by atoms with Gasteiger partial charge in [-0.2, -0.15) is 13.2 Å². The summed E-state index contributed by atoms with van der Waals surface area (Å²) in [6, 6.07) is 8.21. The molecule has 1 saturated carbocycles. The highest BCUT2D eigenvalue weighted by atomic mass is 19.4. The third-order valence-electron chi connectivity index (χ3n) is 5.69. The Morgan fingerprint density at radius 2 is 1.58 bits per heavy atom. The minimum atomic E-state index is -4.08. The number of benzene rings is 1. The van der Waals surface area contributed by atoms with Crippen LogP contribution in [0.3, 0.4) is 0 Å². The van der Waals surface area contributed by atoms with Crippen molar-refractivity contribution in [1.29, 1.82) is 0 Å². The van der Waals surface area contributed by atoms with Crippen LogP contribution < -0.4 is 16.0 Å². The number of piperidine rings is 1. The minimum Gasteiger partial charge on any atom is -0.382 e. The number of amides is 1. The van der Waals surface area contributed by atoms with E-state index >= 15 is 0 Å². The standard InChI is InChI=1S/C19H26F3N3O/c20-19(21,22)14-9-11-25(12-10-14)17-7-5-16(6-8-17)24-15-3-1-13(2-4-15)18(23)26/h5-8,13-15,24H,1-4,9-12H2,(H2,23,26). The van der Waals surface area contributed by atoms with Crippen molar-refractivity contribution >= 4 is 17.3 Å². The number of hydrogen-bond acceptors (Lipinski definition) is 3. The first-order valence-electron chi connectivity index (χ1n) is 9.30. The Balaban J connectivity index is 1.49. The zero-order chi connectivity index (χ0) is 18.7. The fraction of sp³-hybridized carbons (Fsp3) is 0.632. The number of nitrogens with one attached hydrogen (secondary N) is 1. The van der Waals surface area contributed by atoms with Gasteiger partial charge in [0, 0.05) is 36.4 Å². The first-order valence-corrected chi connectivity index (χ1v) is 9.30. The molecule has 2 aliphatic rings. The molecule has 3 rings (SSSR count). The van der Waals surface area contributed by atoms with Crippen LogP contribution >= 0.6 is 0 Å². The Bertz CT molecular complexity index is 601. The predicted octanol–water partition coefficient (Wildman–Crippen LogP) is 3.92. The highest BCUT2D eigenvalue weighted by molar-refractivity contribution is 5.76. The van der Waals surface area contributed by atoms with Crippen LogP contribution in [-0.2, 0) is 4.79 Å². The predicted molar refractivity (Wildman–Crippen MR) is 96.0 cm³/mol. The van der Waals surface area contributed by atoms with E-state index in [0.29, 0.717) is 19.1 Å². The fourth-order valence-electron chi connectivity index (χ4n) is 3.99. The van der Waals surface area contributed by atoms with Crippen molar-refractivity contribution in [3.8, 4) is 0 Å². The molecule has 7 heteroatoms. The first-order chi connectivity index (χ1) is 12.3. The molecule has 26 heavy (non-hydrogen) atoms. The van der Waals surface area contributed by atoms with Gasteiger partial charge in [0.05, 0.1) is 5.92 Å². The molecule has 1 amide bonds. The number of alkyl halides is 3. The molecule has 3 N–H and O–H groups in total. The number of anilines is 2. The van der Waals surface area contributed by atoms with Gasteiger partial charge in [0.2, 0.25) is 5.91 Å². The highest BCUT2D eigenvalue weighted by Crippen LogP contribution is 2.35. The molecule has 1 aromatic rings. The van der Waals surface area contributed by atoms with Crippen molar-refractivity contribution in [2.75, 3.05) is 23.3 Å². The lowest BCUT2D eigenvalue weighted by Gasteiger charge is -2.34. The topological polar surface area (TPSA) is 58.4 Å². The second-order valence-electron chi connectivity index (χ2n) is 7.45. The van der Waals surface area contributed by atoms with Crippen molar-refractivity contribution in [3.63, 3.8) is 0 Å². The van der Waals surface area contributed by atoms with E-state index in [-0.39, 0.29) is 24.7 Å².